The molecule has 0 bridgehead atoms. The second-order valence-electron chi connectivity index (χ2n) is 4.16. The molecule has 0 spiro atoms. The molecule has 1 rings (SSSR count). The first kappa shape index (κ1) is 14.6. The number of carbonyl (C=O) groups excluding carboxylic acids is 1. The van der Waals surface area contributed by atoms with Crippen LogP contribution < -0.4 is 0 Å². The number of carbonyl (C=O) groups is 1. The molecule has 0 saturated carbocycles. The van der Waals surface area contributed by atoms with Crippen LogP contribution in [0, 0.1) is 11.3 Å². The second kappa shape index (κ2) is 6.50. The molecule has 2 atom stereocenters. The zero-order valence-corrected chi connectivity index (χ0v) is 11.1. The van der Waals surface area contributed by atoms with Gasteiger partial charge in [0.2, 0.25) is 11.2 Å². The molecular weight excluding hydrogens is 246 g/mol. The molecule has 1 heterocycles. The molecule has 1 aromatic rings. The van der Waals surface area contributed by atoms with Gasteiger partial charge in [-0.05, 0) is 12.1 Å². The van der Waals surface area contributed by atoms with Crippen LogP contribution in [0.1, 0.15) is 25.5 Å². The lowest BCUT2D eigenvalue weighted by Crippen LogP contribution is -2.15. The number of hydrogen-bond donors (Lipinski definition) is 1. The third-order valence-corrected chi connectivity index (χ3v) is 3.06. The summed E-state index contributed by atoms with van der Waals surface area (Å²) in [5, 5.41) is 18.8. The van der Waals surface area contributed by atoms with Crippen LogP contribution in [-0.2, 0) is 9.53 Å². The lowest BCUT2D eigenvalue weighted by Gasteiger charge is -2.17. The molecule has 0 aliphatic carbocycles. The van der Waals surface area contributed by atoms with Gasteiger partial charge in [-0.3, -0.25) is 4.98 Å². The fourth-order valence-electron chi connectivity index (χ4n) is 1.65. The van der Waals surface area contributed by atoms with Crippen LogP contribution in [0.3, 0.4) is 0 Å². The summed E-state index contributed by atoms with van der Waals surface area (Å²) in [6.07, 6.45) is 1.65. The maximum Gasteiger partial charge on any atom is 0.505 e. The van der Waals surface area contributed by atoms with Gasteiger partial charge in [0, 0.05) is 23.7 Å². The van der Waals surface area contributed by atoms with Crippen LogP contribution in [0.25, 0.3) is 4.98 Å². The smallest absolute Gasteiger partial charge is 0.505 e. The number of esters is 1. The van der Waals surface area contributed by atoms with Gasteiger partial charge < -0.3 is 9.84 Å². The lowest BCUT2D eigenvalue weighted by atomic mass is 9.90. The molecule has 0 saturated heterocycles. The van der Waals surface area contributed by atoms with Gasteiger partial charge in [0.15, 0.2) is 4.98 Å². The van der Waals surface area contributed by atoms with Crippen molar-refractivity contribution in [1.82, 2.24) is 4.98 Å². The van der Waals surface area contributed by atoms with Crippen molar-refractivity contribution in [2.75, 3.05) is 7.11 Å². The van der Waals surface area contributed by atoms with Gasteiger partial charge in [-0.25, -0.2) is 4.79 Å². The molecule has 6 nitrogen and oxygen atoms in total. The molecule has 0 aliphatic heterocycles. The van der Waals surface area contributed by atoms with Gasteiger partial charge in [-0.2, -0.15) is 0 Å². The van der Waals surface area contributed by atoms with E-state index >= 15 is 0 Å². The number of diazo groups is 1. The molecule has 0 unspecified atom stereocenters. The zero-order chi connectivity index (χ0) is 14.4. The van der Waals surface area contributed by atoms with E-state index in [1.165, 1.54) is 0 Å². The van der Waals surface area contributed by atoms with Crippen molar-refractivity contribution in [2.45, 2.75) is 19.8 Å². The third kappa shape index (κ3) is 3.28. The first-order valence-corrected chi connectivity index (χ1v) is 5.80. The summed E-state index contributed by atoms with van der Waals surface area (Å²) in [6.45, 7) is 3.57. The molecule has 0 aromatic carbocycles. The molecule has 0 amide bonds. The number of pyridine rings is 1. The van der Waals surface area contributed by atoms with E-state index in [1.54, 1.807) is 19.2 Å². The Morgan fingerprint density at radius 2 is 2.16 bits per heavy atom. The van der Waals surface area contributed by atoms with Crippen LogP contribution in [0.2, 0.25) is 0 Å². The van der Waals surface area contributed by atoms with Gasteiger partial charge in [-0.15, -0.1) is 0 Å². The summed E-state index contributed by atoms with van der Waals surface area (Å²) in [6, 6.07) is 5.45. The number of aromatic nitrogens is 1. The summed E-state index contributed by atoms with van der Waals surface area (Å²) >= 11 is 0. The first-order chi connectivity index (χ1) is 9.02. The van der Waals surface area contributed by atoms with Crippen LogP contribution in [0.15, 0.2) is 35.9 Å². The highest BCUT2D eigenvalue weighted by atomic mass is 16.5. The largest absolute Gasteiger partial charge is 0.505 e. The maximum absolute atomic E-state index is 11.3. The summed E-state index contributed by atoms with van der Waals surface area (Å²) in [7, 11) is 1.15. The molecule has 1 aromatic heterocycles. The van der Waals surface area contributed by atoms with Gasteiger partial charge in [0.1, 0.15) is 0 Å². The summed E-state index contributed by atoms with van der Waals surface area (Å²) in [5.41, 5.74) is 0.279. The lowest BCUT2D eigenvalue weighted by molar-refractivity contribution is -0.136. The number of hydrogen-bond acceptors (Lipinski definition) is 5. The summed E-state index contributed by atoms with van der Waals surface area (Å²) in [5.74, 6) is -1.81. The predicted octanol–water partition coefficient (Wildman–Crippen LogP) is 2.62. The number of ether oxygens (including phenoxy) is 1. The average molecular weight is 262 g/mol. The SMILES string of the molecule is COC(=O)/C([N+]#N)=C(\O)[C@@H](C)[C@@H](C)c1ccccn1. The predicted molar refractivity (Wildman–Crippen MR) is 68.6 cm³/mol. The van der Waals surface area contributed by atoms with Crippen molar-refractivity contribution in [2.24, 2.45) is 5.92 Å². The molecule has 0 fully saturated rings. The zero-order valence-electron chi connectivity index (χ0n) is 11.1. The van der Waals surface area contributed by atoms with Crippen LogP contribution in [-0.4, -0.2) is 23.2 Å². The number of nitrogens with zero attached hydrogens (tertiary/aromatic N) is 3. The highest BCUT2D eigenvalue weighted by molar-refractivity contribution is 5.90. The molecule has 100 valence electrons. The van der Waals surface area contributed by atoms with E-state index in [-0.39, 0.29) is 11.7 Å². The van der Waals surface area contributed by atoms with Gasteiger partial charge in [-0.1, -0.05) is 19.9 Å². The Balaban J connectivity index is 3.06. The Morgan fingerprint density at radius 3 is 2.63 bits per heavy atom. The van der Waals surface area contributed by atoms with Gasteiger partial charge in [0.05, 0.1) is 7.11 Å². The van der Waals surface area contributed by atoms with Crippen LogP contribution in [0.5, 0.6) is 0 Å². The quantitative estimate of drug-likeness (QED) is 0.390. The molecule has 0 aliphatic rings. The van der Waals surface area contributed by atoms with E-state index in [0.717, 1.165) is 12.8 Å². The van der Waals surface area contributed by atoms with Crippen molar-refractivity contribution in [3.8, 4) is 0 Å². The standard InChI is InChI=1S/C13H15N3O3/c1-8(10-6-4-5-7-15-10)9(2)12(17)11(16-14)13(18)19-3/h4-9H,1-3H3/p+1/t8-,9+/m1/s1. The van der Waals surface area contributed by atoms with E-state index in [2.05, 4.69) is 14.7 Å². The Labute approximate surface area is 111 Å². The topological polar surface area (TPSA) is 87.6 Å². The number of aliphatic hydroxyl groups excluding tert-OH is 1. The Hall–Kier alpha value is -2.42. The van der Waals surface area contributed by atoms with Crippen molar-refractivity contribution in [3.05, 3.63) is 46.5 Å². The van der Waals surface area contributed by atoms with Crippen molar-refractivity contribution in [1.29, 1.82) is 5.39 Å². The molecule has 19 heavy (non-hydrogen) atoms. The summed E-state index contributed by atoms with van der Waals surface area (Å²) < 4.78 is 4.43. The van der Waals surface area contributed by atoms with Crippen molar-refractivity contribution in [3.63, 3.8) is 0 Å². The van der Waals surface area contributed by atoms with Gasteiger partial charge >= 0.3 is 11.7 Å². The van der Waals surface area contributed by atoms with Crippen LogP contribution in [0.4, 0.5) is 0 Å². The van der Waals surface area contributed by atoms with E-state index in [1.807, 2.05) is 19.1 Å². The average Bonchev–Trinajstić information content (AvgIpc) is 2.46. The second-order valence-corrected chi connectivity index (χ2v) is 4.16. The molecule has 0 radical (unpaired) electrons. The van der Waals surface area contributed by atoms with Crippen molar-refractivity contribution >= 4 is 5.97 Å². The first-order valence-electron chi connectivity index (χ1n) is 5.80. The highest BCUT2D eigenvalue weighted by Crippen LogP contribution is 2.29. The highest BCUT2D eigenvalue weighted by Gasteiger charge is 2.35. The number of aliphatic hydroxyl groups is 1. The Bertz CT molecular complexity index is 520. The maximum atomic E-state index is 11.3. The fraction of sp³-hybridized carbons (Fsp3) is 0.385. The number of allylic oxidation sites excluding steroid dienone is 1. The summed E-state index contributed by atoms with van der Waals surface area (Å²) in [4.78, 5) is 18.3. The van der Waals surface area contributed by atoms with E-state index in [9.17, 15) is 9.90 Å². The van der Waals surface area contributed by atoms with E-state index in [0.29, 0.717) is 0 Å². The Morgan fingerprint density at radius 1 is 1.47 bits per heavy atom. The minimum absolute atomic E-state index is 0.150. The van der Waals surface area contributed by atoms with E-state index < -0.39 is 17.6 Å². The normalized spacial score (nSPS) is 14.8. The van der Waals surface area contributed by atoms with Crippen molar-refractivity contribution < 1.29 is 14.6 Å². The monoisotopic (exact) mass is 262 g/mol. The van der Waals surface area contributed by atoms with Crippen LogP contribution >= 0.6 is 0 Å². The van der Waals surface area contributed by atoms with Gasteiger partial charge in [0.25, 0.3) is 0 Å². The molecule has 6 heteroatoms. The number of methoxy groups -OCH3 is 1. The molecule has 1 N–H and O–H groups in total. The Kier molecular flexibility index (Phi) is 5.01. The minimum Gasteiger partial charge on any atom is -0.505 e. The fourth-order valence-corrected chi connectivity index (χ4v) is 1.65. The van der Waals surface area contributed by atoms with E-state index in [4.69, 9.17) is 5.39 Å². The minimum atomic E-state index is -0.889. The number of rotatable bonds is 4. The molecular formula is C13H16N3O3+. The third-order valence-electron chi connectivity index (χ3n) is 3.06.